The minimum atomic E-state index is -1.14. The van der Waals surface area contributed by atoms with Gasteiger partial charge in [0.05, 0.1) is 12.8 Å². The first-order chi connectivity index (χ1) is 9.15. The number of carboxylic acid groups (broad SMARTS) is 1. The molecule has 0 bridgehead atoms. The molecule has 2 aromatic heterocycles. The Morgan fingerprint density at radius 3 is 2.79 bits per heavy atom. The Kier molecular flexibility index (Phi) is 3.82. The van der Waals surface area contributed by atoms with E-state index in [1.807, 2.05) is 0 Å². The molecular formula is C13H11NO5. The summed E-state index contributed by atoms with van der Waals surface area (Å²) in [5.41, 5.74) is 0. The minimum absolute atomic E-state index is 0.120. The second-order valence-electron chi connectivity index (χ2n) is 3.64. The molecule has 0 aliphatic carbocycles. The molecule has 0 aliphatic rings. The maximum Gasteiger partial charge on any atom is 0.371 e. The molecule has 2 aromatic rings. The first kappa shape index (κ1) is 12.7. The molecule has 2 heterocycles. The van der Waals surface area contributed by atoms with Crippen molar-refractivity contribution >= 4 is 18.0 Å². The van der Waals surface area contributed by atoms with Gasteiger partial charge in [0.1, 0.15) is 11.5 Å². The fourth-order valence-electron chi connectivity index (χ4n) is 1.36. The van der Waals surface area contributed by atoms with Crippen LogP contribution in [-0.4, -0.2) is 17.0 Å². The fraction of sp³-hybridized carbons (Fsp3) is 0.0769. The van der Waals surface area contributed by atoms with Crippen molar-refractivity contribution in [3.8, 4) is 0 Å². The van der Waals surface area contributed by atoms with E-state index < -0.39 is 5.97 Å². The standard InChI is InChI=1S/C13H11NO5/c15-12(6-4-9-2-1-7-18-9)14-8-10-3-5-11(19-10)13(16)17/h1-7H,8H2,(H,14,15)(H,16,17). The number of carbonyl (C=O) groups excluding carboxylic acids is 1. The number of hydrogen-bond acceptors (Lipinski definition) is 4. The molecule has 2 N–H and O–H groups in total. The summed E-state index contributed by atoms with van der Waals surface area (Å²) < 4.78 is 10.0. The van der Waals surface area contributed by atoms with Crippen LogP contribution in [0.3, 0.4) is 0 Å². The smallest absolute Gasteiger partial charge is 0.371 e. The van der Waals surface area contributed by atoms with E-state index in [0.29, 0.717) is 11.5 Å². The molecule has 0 saturated heterocycles. The summed E-state index contributed by atoms with van der Waals surface area (Å²) in [7, 11) is 0. The predicted molar refractivity (Wildman–Crippen MR) is 65.3 cm³/mol. The second kappa shape index (κ2) is 5.72. The third kappa shape index (κ3) is 3.60. The Morgan fingerprint density at radius 1 is 1.32 bits per heavy atom. The molecule has 0 radical (unpaired) electrons. The normalized spacial score (nSPS) is 10.7. The zero-order chi connectivity index (χ0) is 13.7. The van der Waals surface area contributed by atoms with E-state index in [1.54, 1.807) is 12.1 Å². The molecular weight excluding hydrogens is 250 g/mol. The van der Waals surface area contributed by atoms with Crippen LogP contribution in [0.5, 0.6) is 0 Å². The Hall–Kier alpha value is -2.76. The van der Waals surface area contributed by atoms with Crippen LogP contribution in [0.15, 0.2) is 45.4 Å². The van der Waals surface area contributed by atoms with Gasteiger partial charge in [0, 0.05) is 6.08 Å². The van der Waals surface area contributed by atoms with Crippen molar-refractivity contribution in [2.75, 3.05) is 0 Å². The summed E-state index contributed by atoms with van der Waals surface area (Å²) in [5, 5.41) is 11.2. The van der Waals surface area contributed by atoms with Gasteiger partial charge in [-0.25, -0.2) is 4.79 Å². The molecule has 0 aromatic carbocycles. The average molecular weight is 261 g/mol. The summed E-state index contributed by atoms with van der Waals surface area (Å²) in [6, 6.07) is 6.27. The molecule has 6 heteroatoms. The van der Waals surface area contributed by atoms with Crippen LogP contribution in [0.4, 0.5) is 0 Å². The molecule has 0 aliphatic heterocycles. The van der Waals surface area contributed by atoms with E-state index in [-0.39, 0.29) is 18.2 Å². The lowest BCUT2D eigenvalue weighted by Crippen LogP contribution is -2.19. The SMILES string of the molecule is O=C(C=Cc1ccco1)NCc1ccc(C(=O)O)o1. The van der Waals surface area contributed by atoms with Gasteiger partial charge in [-0.2, -0.15) is 0 Å². The highest BCUT2D eigenvalue weighted by atomic mass is 16.4. The molecule has 0 unspecified atom stereocenters. The van der Waals surface area contributed by atoms with Gasteiger partial charge in [0.15, 0.2) is 0 Å². The molecule has 0 fully saturated rings. The molecule has 98 valence electrons. The molecule has 0 saturated carbocycles. The van der Waals surface area contributed by atoms with E-state index in [9.17, 15) is 9.59 Å². The third-order valence-corrected chi connectivity index (χ3v) is 2.25. The topological polar surface area (TPSA) is 92.7 Å². The molecule has 19 heavy (non-hydrogen) atoms. The van der Waals surface area contributed by atoms with Gasteiger partial charge in [-0.15, -0.1) is 0 Å². The molecule has 1 amide bonds. The van der Waals surface area contributed by atoms with Crippen LogP contribution in [0.25, 0.3) is 6.08 Å². The summed E-state index contributed by atoms with van der Waals surface area (Å²) >= 11 is 0. The Labute approximate surface area is 108 Å². The maximum absolute atomic E-state index is 11.5. The number of nitrogens with one attached hydrogen (secondary N) is 1. The maximum atomic E-state index is 11.5. The molecule has 0 atom stereocenters. The summed E-state index contributed by atoms with van der Waals surface area (Å²) in [6.45, 7) is 0.120. The Balaban J connectivity index is 1.84. The second-order valence-corrected chi connectivity index (χ2v) is 3.64. The van der Waals surface area contributed by atoms with Gasteiger partial charge in [0.25, 0.3) is 0 Å². The predicted octanol–water partition coefficient (Wildman–Crippen LogP) is 1.90. The van der Waals surface area contributed by atoms with Gasteiger partial charge < -0.3 is 19.3 Å². The van der Waals surface area contributed by atoms with Crippen LogP contribution in [0.2, 0.25) is 0 Å². The van der Waals surface area contributed by atoms with Crippen LogP contribution < -0.4 is 5.32 Å². The first-order valence-corrected chi connectivity index (χ1v) is 5.46. The van der Waals surface area contributed by atoms with Gasteiger partial charge >= 0.3 is 5.97 Å². The van der Waals surface area contributed by atoms with E-state index in [0.717, 1.165) is 0 Å². The van der Waals surface area contributed by atoms with Crippen molar-refractivity contribution < 1.29 is 23.5 Å². The van der Waals surface area contributed by atoms with Crippen molar-refractivity contribution in [3.05, 3.63) is 53.9 Å². The van der Waals surface area contributed by atoms with Gasteiger partial charge in [0.2, 0.25) is 11.7 Å². The fourth-order valence-corrected chi connectivity index (χ4v) is 1.36. The number of rotatable bonds is 5. The summed E-state index contributed by atoms with van der Waals surface area (Å²) in [4.78, 5) is 22.0. The lowest BCUT2D eigenvalue weighted by Gasteiger charge is -1.98. The number of amides is 1. The first-order valence-electron chi connectivity index (χ1n) is 5.46. The highest BCUT2D eigenvalue weighted by molar-refractivity contribution is 5.91. The van der Waals surface area contributed by atoms with E-state index in [2.05, 4.69) is 5.32 Å². The van der Waals surface area contributed by atoms with E-state index in [1.165, 1.54) is 30.5 Å². The summed E-state index contributed by atoms with van der Waals surface area (Å²) in [6.07, 6.45) is 4.36. The van der Waals surface area contributed by atoms with Crippen molar-refractivity contribution in [1.82, 2.24) is 5.32 Å². The largest absolute Gasteiger partial charge is 0.475 e. The number of aromatic carboxylic acids is 1. The number of carbonyl (C=O) groups is 2. The minimum Gasteiger partial charge on any atom is -0.475 e. The van der Waals surface area contributed by atoms with Crippen LogP contribution in [0, 0.1) is 0 Å². The monoisotopic (exact) mass is 261 g/mol. The summed E-state index contributed by atoms with van der Waals surface area (Å²) in [5.74, 6) is -0.686. The average Bonchev–Trinajstić information content (AvgIpc) is 3.05. The van der Waals surface area contributed by atoms with Gasteiger partial charge in [-0.1, -0.05) is 0 Å². The highest BCUT2D eigenvalue weighted by Crippen LogP contribution is 2.07. The number of carboxylic acids is 1. The highest BCUT2D eigenvalue weighted by Gasteiger charge is 2.08. The lowest BCUT2D eigenvalue weighted by atomic mass is 10.3. The van der Waals surface area contributed by atoms with Crippen molar-refractivity contribution in [1.29, 1.82) is 0 Å². The zero-order valence-corrected chi connectivity index (χ0v) is 9.83. The molecule has 2 rings (SSSR count). The van der Waals surface area contributed by atoms with Crippen molar-refractivity contribution in [2.24, 2.45) is 0 Å². The van der Waals surface area contributed by atoms with Crippen molar-refractivity contribution in [2.45, 2.75) is 6.54 Å². The Bertz CT molecular complexity index is 594. The van der Waals surface area contributed by atoms with E-state index >= 15 is 0 Å². The van der Waals surface area contributed by atoms with Crippen molar-refractivity contribution in [3.63, 3.8) is 0 Å². The Morgan fingerprint density at radius 2 is 2.16 bits per heavy atom. The number of furan rings is 2. The lowest BCUT2D eigenvalue weighted by molar-refractivity contribution is -0.116. The molecule has 6 nitrogen and oxygen atoms in total. The van der Waals surface area contributed by atoms with Crippen LogP contribution >= 0.6 is 0 Å². The zero-order valence-electron chi connectivity index (χ0n) is 9.83. The van der Waals surface area contributed by atoms with Gasteiger partial charge in [-0.05, 0) is 30.3 Å². The quantitative estimate of drug-likeness (QED) is 0.802. The van der Waals surface area contributed by atoms with E-state index in [4.69, 9.17) is 13.9 Å². The number of hydrogen-bond donors (Lipinski definition) is 2. The van der Waals surface area contributed by atoms with Crippen LogP contribution in [0.1, 0.15) is 22.1 Å². The van der Waals surface area contributed by atoms with Crippen LogP contribution in [-0.2, 0) is 11.3 Å². The van der Waals surface area contributed by atoms with Gasteiger partial charge in [-0.3, -0.25) is 4.79 Å². The molecule has 0 spiro atoms. The third-order valence-electron chi connectivity index (χ3n) is 2.25.